The molecule has 0 atom stereocenters. The van der Waals surface area contributed by atoms with Crippen LogP contribution in [-0.4, -0.2) is 33.4 Å². The van der Waals surface area contributed by atoms with Gasteiger partial charge >= 0.3 is 0 Å². The van der Waals surface area contributed by atoms with Crippen LogP contribution in [0.25, 0.3) is 16.9 Å². The third-order valence-electron chi connectivity index (χ3n) is 3.88. The third kappa shape index (κ3) is 4.17. The number of rotatable bonds is 7. The maximum absolute atomic E-state index is 13.6. The van der Waals surface area contributed by atoms with E-state index < -0.39 is 0 Å². The van der Waals surface area contributed by atoms with Gasteiger partial charge in [0.05, 0.1) is 6.20 Å². The van der Waals surface area contributed by atoms with Crippen LogP contribution in [0.2, 0.25) is 0 Å². The van der Waals surface area contributed by atoms with Gasteiger partial charge in [0.15, 0.2) is 5.65 Å². The van der Waals surface area contributed by atoms with Crippen molar-refractivity contribution in [2.75, 3.05) is 18.4 Å². The van der Waals surface area contributed by atoms with Crippen LogP contribution in [0.3, 0.4) is 0 Å². The van der Waals surface area contributed by atoms with Crippen molar-refractivity contribution < 1.29 is 9.18 Å². The summed E-state index contributed by atoms with van der Waals surface area (Å²) < 4.78 is 15.5. The standard InChI is InChI=1S/C19H22FN5O/c1-13(2)11-23-17(26)6-7-22-19-18(14-4-3-5-15(20)10-14)24-16-12-21-8-9-25(16)19/h3-5,8-10,12-13,22H,6-7,11H2,1-2H3,(H,23,26). The molecule has 0 saturated carbocycles. The van der Waals surface area contributed by atoms with Crippen LogP contribution in [0.4, 0.5) is 10.2 Å². The Morgan fingerprint density at radius 1 is 1.35 bits per heavy atom. The molecule has 3 rings (SSSR count). The number of anilines is 1. The van der Waals surface area contributed by atoms with Gasteiger partial charge < -0.3 is 10.6 Å². The Morgan fingerprint density at radius 3 is 2.96 bits per heavy atom. The van der Waals surface area contributed by atoms with Gasteiger partial charge in [-0.05, 0) is 18.1 Å². The highest BCUT2D eigenvalue weighted by atomic mass is 19.1. The van der Waals surface area contributed by atoms with Crippen molar-refractivity contribution in [3.8, 4) is 11.3 Å². The number of halogens is 1. The zero-order valence-corrected chi connectivity index (χ0v) is 14.9. The van der Waals surface area contributed by atoms with Crippen LogP contribution in [0.15, 0.2) is 42.9 Å². The molecule has 136 valence electrons. The van der Waals surface area contributed by atoms with Gasteiger partial charge in [0.1, 0.15) is 17.3 Å². The third-order valence-corrected chi connectivity index (χ3v) is 3.88. The molecule has 7 heteroatoms. The first-order chi connectivity index (χ1) is 12.5. The molecule has 0 aliphatic heterocycles. The first-order valence-electron chi connectivity index (χ1n) is 8.63. The Hall–Kier alpha value is -2.96. The fraction of sp³-hybridized carbons (Fsp3) is 0.316. The SMILES string of the molecule is CC(C)CNC(=O)CCNc1c(-c2cccc(F)c2)nc2cnccn12. The van der Waals surface area contributed by atoms with Crippen molar-refractivity contribution in [2.45, 2.75) is 20.3 Å². The van der Waals surface area contributed by atoms with Crippen molar-refractivity contribution in [3.05, 3.63) is 48.7 Å². The molecule has 0 saturated heterocycles. The van der Waals surface area contributed by atoms with Crippen LogP contribution in [0, 0.1) is 11.7 Å². The molecule has 0 aliphatic carbocycles. The molecule has 0 aliphatic rings. The number of aromatic nitrogens is 3. The molecular formula is C19H22FN5O. The number of amides is 1. The Morgan fingerprint density at radius 2 is 2.19 bits per heavy atom. The minimum absolute atomic E-state index is 0.00556. The number of hydrogen-bond donors (Lipinski definition) is 2. The lowest BCUT2D eigenvalue weighted by Crippen LogP contribution is -2.28. The summed E-state index contributed by atoms with van der Waals surface area (Å²) in [7, 11) is 0. The first-order valence-corrected chi connectivity index (χ1v) is 8.63. The fourth-order valence-corrected chi connectivity index (χ4v) is 2.61. The van der Waals surface area contributed by atoms with Crippen molar-refractivity contribution in [1.29, 1.82) is 0 Å². The number of carbonyl (C=O) groups is 1. The lowest BCUT2D eigenvalue weighted by atomic mass is 10.1. The molecule has 3 aromatic rings. The van der Waals surface area contributed by atoms with E-state index in [1.54, 1.807) is 30.7 Å². The number of hydrogen-bond acceptors (Lipinski definition) is 4. The van der Waals surface area contributed by atoms with Gasteiger partial charge in [0.2, 0.25) is 5.91 Å². The Kier molecular flexibility index (Phi) is 5.46. The Bertz CT molecular complexity index is 906. The summed E-state index contributed by atoms with van der Waals surface area (Å²) in [6.07, 6.45) is 5.42. The van der Waals surface area contributed by atoms with Gasteiger partial charge in [-0.3, -0.25) is 14.2 Å². The number of fused-ring (bicyclic) bond motifs is 1. The molecule has 6 nitrogen and oxygen atoms in total. The molecular weight excluding hydrogens is 333 g/mol. The van der Waals surface area contributed by atoms with Crippen LogP contribution in [0.5, 0.6) is 0 Å². The maximum Gasteiger partial charge on any atom is 0.221 e. The largest absolute Gasteiger partial charge is 0.369 e. The summed E-state index contributed by atoms with van der Waals surface area (Å²) in [4.78, 5) is 20.5. The van der Waals surface area contributed by atoms with E-state index in [1.807, 2.05) is 4.40 Å². The number of nitrogens with zero attached hydrogens (tertiary/aromatic N) is 3. The summed E-state index contributed by atoms with van der Waals surface area (Å²) in [6, 6.07) is 6.29. The maximum atomic E-state index is 13.6. The fourth-order valence-electron chi connectivity index (χ4n) is 2.61. The normalized spacial score (nSPS) is 11.1. The predicted octanol–water partition coefficient (Wildman–Crippen LogP) is 3.11. The molecule has 0 radical (unpaired) electrons. The summed E-state index contributed by atoms with van der Waals surface area (Å²) >= 11 is 0. The monoisotopic (exact) mass is 355 g/mol. The van der Waals surface area contributed by atoms with Crippen molar-refractivity contribution in [1.82, 2.24) is 19.7 Å². The lowest BCUT2D eigenvalue weighted by Gasteiger charge is -2.10. The second kappa shape index (κ2) is 7.95. The predicted molar refractivity (Wildman–Crippen MR) is 99.3 cm³/mol. The van der Waals surface area contributed by atoms with Crippen molar-refractivity contribution in [3.63, 3.8) is 0 Å². The molecule has 1 aromatic carbocycles. The molecule has 2 N–H and O–H groups in total. The van der Waals surface area contributed by atoms with Crippen LogP contribution >= 0.6 is 0 Å². The lowest BCUT2D eigenvalue weighted by molar-refractivity contribution is -0.120. The number of benzene rings is 1. The quantitative estimate of drug-likeness (QED) is 0.683. The average Bonchev–Trinajstić information content (AvgIpc) is 2.99. The first kappa shape index (κ1) is 17.8. The second-order valence-electron chi connectivity index (χ2n) is 6.50. The van der Waals surface area contributed by atoms with Gasteiger partial charge in [0.25, 0.3) is 0 Å². The van der Waals surface area contributed by atoms with E-state index in [0.717, 1.165) is 0 Å². The molecule has 26 heavy (non-hydrogen) atoms. The Balaban J connectivity index is 1.80. The van der Waals surface area contributed by atoms with E-state index in [0.29, 0.717) is 48.2 Å². The topological polar surface area (TPSA) is 71.3 Å². The van der Waals surface area contributed by atoms with Gasteiger partial charge in [-0.25, -0.2) is 9.37 Å². The van der Waals surface area contributed by atoms with E-state index in [1.165, 1.54) is 12.1 Å². The average molecular weight is 355 g/mol. The number of carbonyl (C=O) groups excluding carboxylic acids is 1. The van der Waals surface area contributed by atoms with E-state index in [-0.39, 0.29) is 11.7 Å². The minimum Gasteiger partial charge on any atom is -0.369 e. The van der Waals surface area contributed by atoms with Gasteiger partial charge in [-0.1, -0.05) is 26.0 Å². The smallest absolute Gasteiger partial charge is 0.221 e. The summed E-state index contributed by atoms with van der Waals surface area (Å²) in [6.45, 7) is 5.21. The molecule has 1 amide bonds. The van der Waals surface area contributed by atoms with Crippen LogP contribution < -0.4 is 10.6 Å². The summed E-state index contributed by atoms with van der Waals surface area (Å²) in [5.41, 5.74) is 1.94. The minimum atomic E-state index is -0.323. The molecule has 0 unspecified atom stereocenters. The van der Waals surface area contributed by atoms with E-state index in [2.05, 4.69) is 34.4 Å². The van der Waals surface area contributed by atoms with Gasteiger partial charge in [0, 0.05) is 37.5 Å². The summed E-state index contributed by atoms with van der Waals surface area (Å²) in [5, 5.41) is 6.15. The number of imidazole rings is 1. The highest BCUT2D eigenvalue weighted by molar-refractivity contribution is 5.78. The molecule has 0 bridgehead atoms. The number of nitrogens with one attached hydrogen (secondary N) is 2. The zero-order valence-electron chi connectivity index (χ0n) is 14.9. The molecule has 2 heterocycles. The highest BCUT2D eigenvalue weighted by Gasteiger charge is 2.15. The van der Waals surface area contributed by atoms with E-state index >= 15 is 0 Å². The van der Waals surface area contributed by atoms with Crippen LogP contribution in [-0.2, 0) is 4.79 Å². The second-order valence-corrected chi connectivity index (χ2v) is 6.50. The molecule has 2 aromatic heterocycles. The van der Waals surface area contributed by atoms with Gasteiger partial charge in [-0.15, -0.1) is 0 Å². The summed E-state index contributed by atoms with van der Waals surface area (Å²) in [5.74, 6) is 0.799. The van der Waals surface area contributed by atoms with Crippen molar-refractivity contribution >= 4 is 17.4 Å². The highest BCUT2D eigenvalue weighted by Crippen LogP contribution is 2.28. The zero-order chi connectivity index (χ0) is 18.5. The van der Waals surface area contributed by atoms with Crippen LogP contribution in [0.1, 0.15) is 20.3 Å². The van der Waals surface area contributed by atoms with Gasteiger partial charge in [-0.2, -0.15) is 0 Å². The Labute approximate surface area is 151 Å². The van der Waals surface area contributed by atoms with E-state index in [4.69, 9.17) is 0 Å². The van der Waals surface area contributed by atoms with E-state index in [9.17, 15) is 9.18 Å². The van der Waals surface area contributed by atoms with Crippen molar-refractivity contribution in [2.24, 2.45) is 5.92 Å². The molecule has 0 fully saturated rings. The molecule has 0 spiro atoms.